The SMILES string of the molecule is C[C@@H](C1=CC=C/C1=C/O)P(c1ccccc1)c1ccccc1. The minimum atomic E-state index is -0.516. The van der Waals surface area contributed by atoms with Gasteiger partial charge in [-0.05, 0) is 24.1 Å². The molecule has 3 rings (SSSR count). The van der Waals surface area contributed by atoms with Crippen LogP contribution in [0.15, 0.2) is 96.3 Å². The van der Waals surface area contributed by atoms with Crippen molar-refractivity contribution in [3.05, 3.63) is 96.3 Å². The second-order valence-corrected chi connectivity index (χ2v) is 7.83. The summed E-state index contributed by atoms with van der Waals surface area (Å²) in [5.41, 5.74) is 2.47. The second kappa shape index (κ2) is 6.77. The molecule has 0 saturated heterocycles. The maximum Gasteiger partial charge on any atom is 0.0867 e. The van der Waals surface area contributed by atoms with E-state index in [2.05, 4.69) is 73.7 Å². The Kier molecular flexibility index (Phi) is 4.56. The number of rotatable bonds is 4. The molecular formula is C20H19OP. The number of benzene rings is 2. The molecule has 1 nitrogen and oxygen atoms in total. The topological polar surface area (TPSA) is 20.2 Å². The smallest absolute Gasteiger partial charge is 0.0867 e. The van der Waals surface area contributed by atoms with Crippen LogP contribution >= 0.6 is 7.92 Å². The highest BCUT2D eigenvalue weighted by Crippen LogP contribution is 2.45. The molecule has 0 unspecified atom stereocenters. The lowest BCUT2D eigenvalue weighted by Gasteiger charge is -2.27. The first-order valence-electron chi connectivity index (χ1n) is 7.43. The van der Waals surface area contributed by atoms with Crippen LogP contribution in [0, 0.1) is 0 Å². The number of hydrogen-bond acceptors (Lipinski definition) is 1. The van der Waals surface area contributed by atoms with Gasteiger partial charge in [0.2, 0.25) is 0 Å². The standard InChI is InChI=1S/C20H19OP/c1-16(20-14-8-9-17(20)15-21)22(18-10-4-2-5-11-18)19-12-6-3-7-13-19/h2-16,21H,1H3/b17-15-/t16-/m0/s1. The molecule has 0 aromatic heterocycles. The maximum absolute atomic E-state index is 9.46. The highest BCUT2D eigenvalue weighted by atomic mass is 31.1. The average Bonchev–Trinajstić information content (AvgIpc) is 3.06. The molecule has 0 fully saturated rings. The number of allylic oxidation sites excluding steroid dienone is 5. The fraction of sp³-hybridized carbons (Fsp3) is 0.100. The van der Waals surface area contributed by atoms with Crippen molar-refractivity contribution in [1.29, 1.82) is 0 Å². The van der Waals surface area contributed by atoms with E-state index in [4.69, 9.17) is 0 Å². The van der Waals surface area contributed by atoms with Gasteiger partial charge in [-0.1, -0.05) is 85.8 Å². The van der Waals surface area contributed by atoms with E-state index in [1.165, 1.54) is 22.4 Å². The van der Waals surface area contributed by atoms with Gasteiger partial charge in [0, 0.05) is 11.2 Å². The molecule has 22 heavy (non-hydrogen) atoms. The molecule has 0 amide bonds. The lowest BCUT2D eigenvalue weighted by atomic mass is 10.1. The Labute approximate surface area is 133 Å². The van der Waals surface area contributed by atoms with Crippen LogP contribution in [0.25, 0.3) is 0 Å². The van der Waals surface area contributed by atoms with Crippen LogP contribution in [0.1, 0.15) is 6.92 Å². The molecule has 110 valence electrons. The lowest BCUT2D eigenvalue weighted by Crippen LogP contribution is -2.21. The van der Waals surface area contributed by atoms with E-state index >= 15 is 0 Å². The summed E-state index contributed by atoms with van der Waals surface area (Å²) in [6.45, 7) is 2.26. The molecule has 0 spiro atoms. The van der Waals surface area contributed by atoms with E-state index in [0.717, 1.165) is 5.57 Å². The molecule has 2 aromatic carbocycles. The van der Waals surface area contributed by atoms with Gasteiger partial charge in [0.25, 0.3) is 0 Å². The van der Waals surface area contributed by atoms with E-state index in [0.29, 0.717) is 5.66 Å². The Hall–Kier alpha value is -2.11. The van der Waals surface area contributed by atoms with Gasteiger partial charge < -0.3 is 5.11 Å². The Bertz CT molecular complexity index is 674. The monoisotopic (exact) mass is 306 g/mol. The maximum atomic E-state index is 9.46. The highest BCUT2D eigenvalue weighted by Gasteiger charge is 2.26. The fourth-order valence-electron chi connectivity index (χ4n) is 2.86. The summed E-state index contributed by atoms with van der Waals surface area (Å²) >= 11 is 0. The molecule has 0 saturated carbocycles. The van der Waals surface area contributed by atoms with Crippen molar-refractivity contribution < 1.29 is 5.11 Å². The molecule has 1 atom stereocenters. The third-order valence-electron chi connectivity index (χ3n) is 3.93. The first-order valence-corrected chi connectivity index (χ1v) is 8.84. The summed E-state index contributed by atoms with van der Waals surface area (Å²) in [7, 11) is -0.516. The summed E-state index contributed by atoms with van der Waals surface area (Å²) in [5, 5.41) is 12.2. The molecule has 2 aromatic rings. The minimum absolute atomic E-state index is 0.341. The predicted octanol–water partition coefficient (Wildman–Crippen LogP) is 4.45. The van der Waals surface area contributed by atoms with Crippen LogP contribution in [0.5, 0.6) is 0 Å². The van der Waals surface area contributed by atoms with Gasteiger partial charge in [-0.15, -0.1) is 0 Å². The number of hydrogen-bond donors (Lipinski definition) is 1. The quantitative estimate of drug-likeness (QED) is 0.654. The van der Waals surface area contributed by atoms with Gasteiger partial charge >= 0.3 is 0 Å². The molecule has 0 aliphatic heterocycles. The third-order valence-corrected chi connectivity index (χ3v) is 6.69. The van der Waals surface area contributed by atoms with Gasteiger partial charge in [0.15, 0.2) is 0 Å². The predicted molar refractivity (Wildman–Crippen MR) is 96.5 cm³/mol. The second-order valence-electron chi connectivity index (χ2n) is 5.28. The summed E-state index contributed by atoms with van der Waals surface area (Å²) < 4.78 is 0. The van der Waals surface area contributed by atoms with Crippen LogP contribution in [0.4, 0.5) is 0 Å². The van der Waals surface area contributed by atoms with Gasteiger partial charge in [-0.3, -0.25) is 0 Å². The molecular weight excluding hydrogens is 287 g/mol. The van der Waals surface area contributed by atoms with Crippen molar-refractivity contribution in [2.24, 2.45) is 0 Å². The van der Waals surface area contributed by atoms with Crippen molar-refractivity contribution in [1.82, 2.24) is 0 Å². The third kappa shape index (κ3) is 2.91. The van der Waals surface area contributed by atoms with Crippen molar-refractivity contribution in [2.45, 2.75) is 12.6 Å². The Morgan fingerprint density at radius 1 is 0.909 bits per heavy atom. The van der Waals surface area contributed by atoms with E-state index in [9.17, 15) is 5.11 Å². The van der Waals surface area contributed by atoms with Crippen molar-refractivity contribution >= 4 is 18.5 Å². The van der Waals surface area contributed by atoms with Crippen molar-refractivity contribution in [3.63, 3.8) is 0 Å². The average molecular weight is 306 g/mol. The van der Waals surface area contributed by atoms with E-state index < -0.39 is 7.92 Å². The van der Waals surface area contributed by atoms with Gasteiger partial charge in [0.05, 0.1) is 6.26 Å². The van der Waals surface area contributed by atoms with Crippen LogP contribution in [0.2, 0.25) is 0 Å². The minimum Gasteiger partial charge on any atom is -0.515 e. The Morgan fingerprint density at radius 2 is 1.45 bits per heavy atom. The zero-order valence-corrected chi connectivity index (χ0v) is 13.4. The van der Waals surface area contributed by atoms with Crippen molar-refractivity contribution in [3.8, 4) is 0 Å². The number of aliphatic hydroxyl groups excluding tert-OH is 1. The van der Waals surface area contributed by atoms with Crippen molar-refractivity contribution in [2.75, 3.05) is 0 Å². The molecule has 0 bridgehead atoms. The Morgan fingerprint density at radius 3 is 1.95 bits per heavy atom. The highest BCUT2D eigenvalue weighted by molar-refractivity contribution is 7.73. The van der Waals surface area contributed by atoms with Crippen LogP contribution < -0.4 is 10.6 Å². The summed E-state index contributed by atoms with van der Waals surface area (Å²) in [6.07, 6.45) is 7.32. The first-order chi connectivity index (χ1) is 10.8. The zero-order valence-electron chi connectivity index (χ0n) is 12.6. The van der Waals surface area contributed by atoms with E-state index in [-0.39, 0.29) is 0 Å². The van der Waals surface area contributed by atoms with Gasteiger partial charge in [-0.25, -0.2) is 0 Å². The summed E-state index contributed by atoms with van der Waals surface area (Å²) in [6, 6.07) is 21.4. The van der Waals surface area contributed by atoms with Crippen LogP contribution in [0.3, 0.4) is 0 Å². The van der Waals surface area contributed by atoms with Gasteiger partial charge in [0.1, 0.15) is 0 Å². The number of aliphatic hydroxyl groups is 1. The Balaban J connectivity index is 2.03. The van der Waals surface area contributed by atoms with Gasteiger partial charge in [-0.2, -0.15) is 0 Å². The molecule has 1 N–H and O–H groups in total. The first kappa shape index (κ1) is 14.8. The lowest BCUT2D eigenvalue weighted by molar-refractivity contribution is 0.470. The molecule has 0 heterocycles. The summed E-state index contributed by atoms with van der Waals surface area (Å²) in [5.74, 6) is 0. The normalized spacial score (nSPS) is 17.0. The van der Waals surface area contributed by atoms with Crippen LogP contribution in [-0.2, 0) is 0 Å². The van der Waals surface area contributed by atoms with Crippen LogP contribution in [-0.4, -0.2) is 10.8 Å². The largest absolute Gasteiger partial charge is 0.515 e. The van der Waals surface area contributed by atoms with E-state index in [1.807, 2.05) is 12.2 Å². The fourth-order valence-corrected chi connectivity index (χ4v) is 5.55. The molecule has 1 aliphatic rings. The molecule has 2 heteroatoms. The summed E-state index contributed by atoms with van der Waals surface area (Å²) in [4.78, 5) is 0. The molecule has 0 radical (unpaired) electrons. The molecule has 1 aliphatic carbocycles. The zero-order chi connectivity index (χ0) is 15.4. The van der Waals surface area contributed by atoms with E-state index in [1.54, 1.807) is 0 Å².